The molecule has 6 nitrogen and oxygen atoms in total. The van der Waals surface area contributed by atoms with Crippen molar-refractivity contribution >= 4 is 23.0 Å². The smallest absolute Gasteiger partial charge is 0.159 e. The molecule has 0 aliphatic rings. The molecule has 2 aromatic rings. The molecular weight excluding hydrogens is 260 g/mol. The third-order valence-electron chi connectivity index (χ3n) is 2.92. The van der Waals surface area contributed by atoms with Crippen molar-refractivity contribution in [2.45, 2.75) is 20.4 Å². The Morgan fingerprint density at radius 2 is 2.16 bits per heavy atom. The molecule has 100 valence electrons. The third kappa shape index (κ3) is 2.87. The van der Waals surface area contributed by atoms with Crippen LogP contribution < -0.4 is 11.1 Å². The van der Waals surface area contributed by atoms with Crippen molar-refractivity contribution in [3.63, 3.8) is 0 Å². The Balaban J connectivity index is 2.25. The minimum Gasteiger partial charge on any atom is -0.389 e. The van der Waals surface area contributed by atoms with Gasteiger partial charge in [-0.3, -0.25) is 4.68 Å². The largest absolute Gasteiger partial charge is 0.389 e. The van der Waals surface area contributed by atoms with Crippen molar-refractivity contribution in [1.82, 2.24) is 20.0 Å². The van der Waals surface area contributed by atoms with Crippen molar-refractivity contribution in [3.05, 3.63) is 34.8 Å². The summed E-state index contributed by atoms with van der Waals surface area (Å²) in [6.07, 6.45) is 3.73. The van der Waals surface area contributed by atoms with Crippen LogP contribution in [0, 0.1) is 13.8 Å². The zero-order chi connectivity index (χ0) is 14.0. The van der Waals surface area contributed by atoms with Crippen molar-refractivity contribution in [2.24, 2.45) is 12.8 Å². The molecule has 19 heavy (non-hydrogen) atoms. The summed E-state index contributed by atoms with van der Waals surface area (Å²) in [4.78, 5) is 0.323. The average Bonchev–Trinajstić information content (AvgIpc) is 2.76. The van der Waals surface area contributed by atoms with E-state index in [-0.39, 0.29) is 0 Å². The van der Waals surface area contributed by atoms with Gasteiger partial charge in [-0.25, -0.2) is 0 Å². The van der Waals surface area contributed by atoms with Gasteiger partial charge in [0.05, 0.1) is 17.5 Å². The molecule has 0 aliphatic carbocycles. The molecule has 7 heteroatoms. The summed E-state index contributed by atoms with van der Waals surface area (Å²) < 4.78 is 1.75. The van der Waals surface area contributed by atoms with E-state index in [1.54, 1.807) is 10.9 Å². The van der Waals surface area contributed by atoms with Crippen LogP contribution in [-0.2, 0) is 13.6 Å². The maximum atomic E-state index is 5.76. The van der Waals surface area contributed by atoms with Crippen LogP contribution in [0.3, 0.4) is 0 Å². The van der Waals surface area contributed by atoms with Gasteiger partial charge >= 0.3 is 0 Å². The molecule has 0 spiro atoms. The van der Waals surface area contributed by atoms with Gasteiger partial charge in [0, 0.05) is 25.4 Å². The minimum absolute atomic E-state index is 0.323. The van der Waals surface area contributed by atoms with Crippen LogP contribution >= 0.6 is 12.2 Å². The standard InChI is InChI=1S/C12H16N6S/c1-7-8(2)16-17-12(10(7)11(13)19)14-4-9-5-15-18(3)6-9/h5-6H,4H2,1-3H3,(H2,13,19)(H,14,17). The lowest BCUT2D eigenvalue weighted by Gasteiger charge is -2.12. The number of nitrogens with two attached hydrogens (primary N) is 1. The van der Waals surface area contributed by atoms with Crippen molar-refractivity contribution in [3.8, 4) is 0 Å². The van der Waals surface area contributed by atoms with Crippen molar-refractivity contribution in [2.75, 3.05) is 5.32 Å². The Labute approximate surface area is 117 Å². The van der Waals surface area contributed by atoms with Gasteiger partial charge < -0.3 is 11.1 Å². The molecule has 0 fully saturated rings. The molecule has 0 aromatic carbocycles. The molecular formula is C12H16N6S. The molecule has 0 atom stereocenters. The first-order chi connectivity index (χ1) is 8.99. The van der Waals surface area contributed by atoms with E-state index in [4.69, 9.17) is 18.0 Å². The van der Waals surface area contributed by atoms with Crippen LogP contribution in [0.1, 0.15) is 22.4 Å². The predicted octanol–water partition coefficient (Wildman–Crippen LogP) is 1.07. The molecule has 0 unspecified atom stereocenters. The number of anilines is 1. The van der Waals surface area contributed by atoms with E-state index >= 15 is 0 Å². The lowest BCUT2D eigenvalue weighted by molar-refractivity contribution is 0.767. The van der Waals surface area contributed by atoms with Crippen LogP contribution in [0.4, 0.5) is 5.82 Å². The highest BCUT2D eigenvalue weighted by molar-refractivity contribution is 7.80. The highest BCUT2D eigenvalue weighted by atomic mass is 32.1. The highest BCUT2D eigenvalue weighted by Crippen LogP contribution is 2.18. The fourth-order valence-electron chi connectivity index (χ4n) is 1.78. The van der Waals surface area contributed by atoms with Crippen LogP contribution in [-0.4, -0.2) is 25.0 Å². The summed E-state index contributed by atoms with van der Waals surface area (Å²) in [6.45, 7) is 4.42. The molecule has 0 amide bonds. The first kappa shape index (κ1) is 13.4. The number of nitrogens with one attached hydrogen (secondary N) is 1. The Hall–Kier alpha value is -2.02. The number of aromatic nitrogens is 4. The second-order valence-corrected chi connectivity index (χ2v) is 4.81. The van der Waals surface area contributed by atoms with Crippen LogP contribution in [0.2, 0.25) is 0 Å². The van der Waals surface area contributed by atoms with Crippen LogP contribution in [0.5, 0.6) is 0 Å². The van der Waals surface area contributed by atoms with E-state index in [9.17, 15) is 0 Å². The minimum atomic E-state index is 0.323. The number of hydrogen-bond donors (Lipinski definition) is 2. The maximum absolute atomic E-state index is 5.76. The quantitative estimate of drug-likeness (QED) is 0.813. The molecule has 2 aromatic heterocycles. The molecule has 2 rings (SSSR count). The summed E-state index contributed by atoms with van der Waals surface area (Å²) in [5.41, 5.74) is 9.36. The van der Waals surface area contributed by atoms with E-state index in [2.05, 4.69) is 20.6 Å². The number of nitrogens with zero attached hydrogens (tertiary/aromatic N) is 4. The Morgan fingerprint density at radius 1 is 1.42 bits per heavy atom. The molecule has 0 radical (unpaired) electrons. The Bertz CT molecular complexity index is 619. The van der Waals surface area contributed by atoms with Gasteiger partial charge in [0.1, 0.15) is 4.99 Å². The van der Waals surface area contributed by atoms with Gasteiger partial charge in [-0.15, -0.1) is 5.10 Å². The fourth-order valence-corrected chi connectivity index (χ4v) is 2.03. The van der Waals surface area contributed by atoms with E-state index < -0.39 is 0 Å². The zero-order valence-electron chi connectivity index (χ0n) is 11.1. The lowest BCUT2D eigenvalue weighted by Crippen LogP contribution is -2.18. The molecule has 0 bridgehead atoms. The fraction of sp³-hybridized carbons (Fsp3) is 0.333. The molecule has 0 saturated heterocycles. The Morgan fingerprint density at radius 3 is 2.74 bits per heavy atom. The van der Waals surface area contributed by atoms with Gasteiger partial charge in [-0.1, -0.05) is 12.2 Å². The summed E-state index contributed by atoms with van der Waals surface area (Å²) in [5.74, 6) is 0.611. The molecule has 0 saturated carbocycles. The number of aryl methyl sites for hydroxylation is 2. The van der Waals surface area contributed by atoms with E-state index in [1.807, 2.05) is 27.1 Å². The van der Waals surface area contributed by atoms with Crippen molar-refractivity contribution < 1.29 is 0 Å². The van der Waals surface area contributed by atoms with Gasteiger partial charge in [0.2, 0.25) is 0 Å². The van der Waals surface area contributed by atoms with Crippen molar-refractivity contribution in [1.29, 1.82) is 0 Å². The monoisotopic (exact) mass is 276 g/mol. The summed E-state index contributed by atoms with van der Waals surface area (Å²) >= 11 is 5.09. The first-order valence-corrected chi connectivity index (χ1v) is 6.25. The summed E-state index contributed by atoms with van der Waals surface area (Å²) in [7, 11) is 1.87. The summed E-state index contributed by atoms with van der Waals surface area (Å²) in [5, 5.41) is 15.5. The SMILES string of the molecule is Cc1nnc(NCc2cnn(C)c2)c(C(N)=S)c1C. The Kier molecular flexibility index (Phi) is 3.75. The second-order valence-electron chi connectivity index (χ2n) is 4.37. The van der Waals surface area contributed by atoms with Gasteiger partial charge in [-0.05, 0) is 19.4 Å². The van der Waals surface area contributed by atoms with Gasteiger partial charge in [-0.2, -0.15) is 10.2 Å². The predicted molar refractivity (Wildman–Crippen MR) is 77.9 cm³/mol. The highest BCUT2D eigenvalue weighted by Gasteiger charge is 2.13. The van der Waals surface area contributed by atoms with Crippen LogP contribution in [0.15, 0.2) is 12.4 Å². The van der Waals surface area contributed by atoms with E-state index in [0.29, 0.717) is 17.4 Å². The van der Waals surface area contributed by atoms with Gasteiger partial charge in [0.15, 0.2) is 5.82 Å². The van der Waals surface area contributed by atoms with E-state index in [0.717, 1.165) is 22.4 Å². The molecule has 3 N–H and O–H groups in total. The summed E-state index contributed by atoms with van der Waals surface area (Å²) in [6, 6.07) is 0. The maximum Gasteiger partial charge on any atom is 0.159 e. The number of hydrogen-bond acceptors (Lipinski definition) is 5. The lowest BCUT2D eigenvalue weighted by atomic mass is 10.1. The third-order valence-corrected chi connectivity index (χ3v) is 3.12. The zero-order valence-corrected chi connectivity index (χ0v) is 12.0. The number of thiocarbonyl (C=S) groups is 1. The molecule has 2 heterocycles. The average molecular weight is 276 g/mol. The van der Waals surface area contributed by atoms with Gasteiger partial charge in [0.25, 0.3) is 0 Å². The second kappa shape index (κ2) is 5.31. The first-order valence-electron chi connectivity index (χ1n) is 5.84. The van der Waals surface area contributed by atoms with E-state index in [1.165, 1.54) is 0 Å². The molecule has 0 aliphatic heterocycles. The topological polar surface area (TPSA) is 81.7 Å². The van der Waals surface area contributed by atoms with Crippen LogP contribution in [0.25, 0.3) is 0 Å². The normalized spacial score (nSPS) is 10.5. The number of rotatable bonds is 4.